The number of carbonyl (C=O) groups is 4. The molecule has 1 unspecified atom stereocenters. The lowest BCUT2D eigenvalue weighted by Gasteiger charge is -2.44. The van der Waals surface area contributed by atoms with E-state index < -0.39 is 29.2 Å². The Labute approximate surface area is 132 Å². The van der Waals surface area contributed by atoms with E-state index in [1.54, 1.807) is 13.8 Å². The normalized spacial score (nSPS) is 24.2. The number of imide groups is 2. The van der Waals surface area contributed by atoms with Crippen LogP contribution in [0.15, 0.2) is 18.2 Å². The Hall–Kier alpha value is -2.70. The first-order valence-electron chi connectivity index (χ1n) is 7.36. The average molecular weight is 316 g/mol. The molecule has 23 heavy (non-hydrogen) atoms. The predicted octanol–water partition coefficient (Wildman–Crippen LogP) is 0.820. The molecule has 1 aromatic carbocycles. The smallest absolute Gasteiger partial charge is 0.266 e. The molecule has 1 aromatic rings. The van der Waals surface area contributed by atoms with Gasteiger partial charge < -0.3 is 5.11 Å². The summed E-state index contributed by atoms with van der Waals surface area (Å²) in [7, 11) is 0. The maximum atomic E-state index is 12.7. The molecule has 120 valence electrons. The van der Waals surface area contributed by atoms with Crippen LogP contribution >= 0.6 is 0 Å². The number of benzene rings is 1. The summed E-state index contributed by atoms with van der Waals surface area (Å²) < 4.78 is 0. The van der Waals surface area contributed by atoms with Crippen molar-refractivity contribution in [3.05, 3.63) is 29.3 Å². The zero-order chi connectivity index (χ0) is 16.9. The topological polar surface area (TPSA) is 104 Å². The third-order valence-electron chi connectivity index (χ3n) is 4.63. The van der Waals surface area contributed by atoms with Gasteiger partial charge in [-0.15, -0.1) is 0 Å². The van der Waals surface area contributed by atoms with Gasteiger partial charge in [-0.1, -0.05) is 19.9 Å². The first-order valence-corrected chi connectivity index (χ1v) is 7.36. The van der Waals surface area contributed by atoms with Crippen LogP contribution in [0, 0.1) is 5.92 Å². The van der Waals surface area contributed by atoms with E-state index in [0.29, 0.717) is 0 Å². The molecule has 7 nitrogen and oxygen atoms in total. The van der Waals surface area contributed by atoms with E-state index in [1.165, 1.54) is 18.2 Å². The lowest BCUT2D eigenvalue weighted by atomic mass is 9.77. The van der Waals surface area contributed by atoms with Crippen LogP contribution in [0.2, 0.25) is 0 Å². The standard InChI is InChI=1S/C16H16N2O5/c1-8(2)16(7-6-11(20)17-15(16)23)18-13(21)9-4-3-5-10(19)12(9)14(18)22/h3-5,8,19H,6-7H2,1-2H3,(H,17,20,23). The summed E-state index contributed by atoms with van der Waals surface area (Å²) in [6, 6.07) is 4.23. The van der Waals surface area contributed by atoms with Crippen molar-refractivity contribution in [2.24, 2.45) is 5.92 Å². The van der Waals surface area contributed by atoms with Gasteiger partial charge in [0.05, 0.1) is 11.1 Å². The molecular formula is C16H16N2O5. The van der Waals surface area contributed by atoms with Crippen LogP contribution in [0.3, 0.4) is 0 Å². The van der Waals surface area contributed by atoms with Crippen molar-refractivity contribution in [3.63, 3.8) is 0 Å². The molecular weight excluding hydrogens is 300 g/mol. The first kappa shape index (κ1) is 15.2. The van der Waals surface area contributed by atoms with Gasteiger partial charge >= 0.3 is 0 Å². The Bertz CT molecular complexity index is 755. The number of rotatable bonds is 2. The monoisotopic (exact) mass is 316 g/mol. The minimum atomic E-state index is -1.44. The number of aromatic hydroxyl groups is 1. The third-order valence-corrected chi connectivity index (χ3v) is 4.63. The molecule has 2 aliphatic rings. The summed E-state index contributed by atoms with van der Waals surface area (Å²) in [5.74, 6) is -3.10. The van der Waals surface area contributed by atoms with Crippen molar-refractivity contribution in [2.75, 3.05) is 0 Å². The molecule has 0 bridgehead atoms. The Kier molecular flexibility index (Phi) is 3.24. The van der Waals surface area contributed by atoms with E-state index in [4.69, 9.17) is 0 Å². The SMILES string of the molecule is CC(C)C1(N2C(=O)c3cccc(O)c3C2=O)CCC(=O)NC1=O. The lowest BCUT2D eigenvalue weighted by molar-refractivity contribution is -0.144. The molecule has 7 heteroatoms. The highest BCUT2D eigenvalue weighted by Crippen LogP contribution is 2.40. The van der Waals surface area contributed by atoms with E-state index >= 15 is 0 Å². The van der Waals surface area contributed by atoms with Gasteiger partial charge in [0.15, 0.2) is 0 Å². The molecule has 2 N–H and O–H groups in total. The summed E-state index contributed by atoms with van der Waals surface area (Å²) in [6.45, 7) is 3.44. The number of nitrogens with zero attached hydrogens (tertiary/aromatic N) is 1. The van der Waals surface area contributed by atoms with Crippen molar-refractivity contribution < 1.29 is 24.3 Å². The number of fused-ring (bicyclic) bond motifs is 1. The number of amides is 4. The van der Waals surface area contributed by atoms with E-state index in [0.717, 1.165) is 4.90 Å². The van der Waals surface area contributed by atoms with Gasteiger partial charge in [0, 0.05) is 6.42 Å². The van der Waals surface area contributed by atoms with Crippen LogP contribution in [0.25, 0.3) is 0 Å². The van der Waals surface area contributed by atoms with E-state index in [-0.39, 0.29) is 35.6 Å². The summed E-state index contributed by atoms with van der Waals surface area (Å²) in [5, 5.41) is 12.1. The number of phenols is 1. The minimum absolute atomic E-state index is 0.0449. The molecule has 0 spiro atoms. The molecule has 1 fully saturated rings. The van der Waals surface area contributed by atoms with E-state index in [2.05, 4.69) is 5.32 Å². The fourth-order valence-electron chi connectivity index (χ4n) is 3.37. The molecule has 2 heterocycles. The van der Waals surface area contributed by atoms with E-state index in [9.17, 15) is 24.3 Å². The van der Waals surface area contributed by atoms with Crippen molar-refractivity contribution in [2.45, 2.75) is 32.2 Å². The maximum absolute atomic E-state index is 12.7. The highest BCUT2D eigenvalue weighted by atomic mass is 16.3. The molecule has 1 saturated heterocycles. The average Bonchev–Trinajstić information content (AvgIpc) is 2.73. The number of phenolic OH excluding ortho intramolecular Hbond substituents is 1. The van der Waals surface area contributed by atoms with Gasteiger partial charge in [-0.05, 0) is 24.5 Å². The molecule has 0 aliphatic carbocycles. The molecule has 2 aliphatic heterocycles. The zero-order valence-corrected chi connectivity index (χ0v) is 12.8. The van der Waals surface area contributed by atoms with Gasteiger partial charge in [0.25, 0.3) is 17.7 Å². The van der Waals surface area contributed by atoms with Crippen molar-refractivity contribution in [3.8, 4) is 5.75 Å². The number of nitrogens with one attached hydrogen (secondary N) is 1. The summed E-state index contributed by atoms with van der Waals surface area (Å²) in [6.07, 6.45) is 0.116. The number of hydrogen-bond donors (Lipinski definition) is 2. The first-order chi connectivity index (χ1) is 10.8. The minimum Gasteiger partial charge on any atom is -0.507 e. The molecule has 0 saturated carbocycles. The molecule has 0 aromatic heterocycles. The number of carbonyl (C=O) groups excluding carboxylic acids is 4. The Balaban J connectivity index is 2.15. The van der Waals surface area contributed by atoms with Gasteiger partial charge in [0.1, 0.15) is 11.3 Å². The summed E-state index contributed by atoms with van der Waals surface area (Å²) >= 11 is 0. The molecule has 1 atom stereocenters. The van der Waals surface area contributed by atoms with Crippen molar-refractivity contribution in [1.29, 1.82) is 0 Å². The number of hydrogen-bond acceptors (Lipinski definition) is 5. The second-order valence-electron chi connectivity index (χ2n) is 6.10. The van der Waals surface area contributed by atoms with Gasteiger partial charge in [-0.3, -0.25) is 29.4 Å². The number of piperidine rings is 1. The van der Waals surface area contributed by atoms with Crippen LogP contribution < -0.4 is 5.32 Å². The fraction of sp³-hybridized carbons (Fsp3) is 0.375. The Morgan fingerprint density at radius 3 is 2.43 bits per heavy atom. The van der Waals surface area contributed by atoms with Gasteiger partial charge in [-0.25, -0.2) is 0 Å². The second-order valence-corrected chi connectivity index (χ2v) is 6.10. The van der Waals surface area contributed by atoms with Crippen molar-refractivity contribution >= 4 is 23.6 Å². The summed E-state index contributed by atoms with van der Waals surface area (Å²) in [5.41, 5.74) is -1.46. The van der Waals surface area contributed by atoms with Crippen LogP contribution in [0.4, 0.5) is 0 Å². The zero-order valence-electron chi connectivity index (χ0n) is 12.8. The van der Waals surface area contributed by atoms with Gasteiger partial charge in [0.2, 0.25) is 5.91 Å². The quantitative estimate of drug-likeness (QED) is 0.786. The van der Waals surface area contributed by atoms with Crippen LogP contribution in [0.5, 0.6) is 5.75 Å². The highest BCUT2D eigenvalue weighted by molar-refractivity contribution is 6.25. The van der Waals surface area contributed by atoms with Crippen LogP contribution in [-0.4, -0.2) is 39.2 Å². The van der Waals surface area contributed by atoms with Crippen LogP contribution in [0.1, 0.15) is 47.4 Å². The third kappa shape index (κ3) is 1.89. The molecule has 3 rings (SSSR count). The second kappa shape index (κ2) is 4.91. The molecule has 4 amide bonds. The fourth-order valence-corrected chi connectivity index (χ4v) is 3.37. The van der Waals surface area contributed by atoms with Crippen molar-refractivity contribution in [1.82, 2.24) is 10.2 Å². The maximum Gasteiger partial charge on any atom is 0.266 e. The van der Waals surface area contributed by atoms with E-state index in [1.807, 2.05) is 0 Å². The highest BCUT2D eigenvalue weighted by Gasteiger charge is 2.57. The summed E-state index contributed by atoms with van der Waals surface area (Å²) in [4.78, 5) is 50.4. The lowest BCUT2D eigenvalue weighted by Crippen LogP contribution is -2.67. The largest absolute Gasteiger partial charge is 0.507 e. The predicted molar refractivity (Wildman–Crippen MR) is 78.6 cm³/mol. The molecule has 0 radical (unpaired) electrons. The Morgan fingerprint density at radius 1 is 1.17 bits per heavy atom. The Morgan fingerprint density at radius 2 is 1.87 bits per heavy atom. The van der Waals surface area contributed by atoms with Crippen LogP contribution in [-0.2, 0) is 9.59 Å². The van der Waals surface area contributed by atoms with Gasteiger partial charge in [-0.2, -0.15) is 0 Å².